The van der Waals surface area contributed by atoms with Crippen molar-refractivity contribution in [1.82, 2.24) is 4.98 Å². The first-order valence-electron chi connectivity index (χ1n) is 5.36. The molecule has 0 radical (unpaired) electrons. The van der Waals surface area contributed by atoms with Crippen molar-refractivity contribution < 1.29 is 9.90 Å². The molecule has 2 N–H and O–H groups in total. The molecule has 0 amide bonds. The quantitative estimate of drug-likeness (QED) is 0.706. The van der Waals surface area contributed by atoms with Crippen molar-refractivity contribution in [3.8, 4) is 0 Å². The second-order valence-electron chi connectivity index (χ2n) is 4.16. The Morgan fingerprint density at radius 3 is 2.78 bits per heavy atom. The van der Waals surface area contributed by atoms with E-state index in [0.29, 0.717) is 5.39 Å². The van der Waals surface area contributed by atoms with Crippen LogP contribution in [-0.4, -0.2) is 16.1 Å². The highest BCUT2D eigenvalue weighted by atomic mass is 32.1. The Morgan fingerprint density at radius 2 is 2.06 bits per heavy atom. The number of aromatic nitrogens is 1. The van der Waals surface area contributed by atoms with Gasteiger partial charge in [-0.2, -0.15) is 0 Å². The molecule has 0 spiro atoms. The number of hydrogen-bond acceptors (Lipinski definition) is 3. The van der Waals surface area contributed by atoms with Crippen LogP contribution in [0.15, 0.2) is 29.1 Å². The molecule has 2 heterocycles. The molecule has 0 saturated carbocycles. The fourth-order valence-electron chi connectivity index (χ4n) is 2.01. The normalized spacial score (nSPS) is 11.2. The third kappa shape index (κ3) is 1.52. The lowest BCUT2D eigenvalue weighted by molar-refractivity contribution is 0.0702. The number of thiophene rings is 1. The average Bonchev–Trinajstić information content (AvgIpc) is 2.74. The molecule has 1 aromatic carbocycles. The van der Waals surface area contributed by atoms with Gasteiger partial charge in [-0.1, -0.05) is 12.1 Å². The molecule has 0 atom stereocenters. The van der Waals surface area contributed by atoms with Crippen LogP contribution in [0.1, 0.15) is 15.2 Å². The fraction of sp³-hybridized carbons (Fsp3) is 0.0769. The number of hydrogen-bond donors (Lipinski definition) is 2. The van der Waals surface area contributed by atoms with Gasteiger partial charge in [0.1, 0.15) is 4.88 Å². The molecule has 3 aromatic rings. The highest BCUT2D eigenvalue weighted by Gasteiger charge is 2.13. The number of carboxylic acid groups (broad SMARTS) is 1. The summed E-state index contributed by atoms with van der Waals surface area (Å²) >= 11 is 1.14. The lowest BCUT2D eigenvalue weighted by atomic mass is 10.1. The maximum Gasteiger partial charge on any atom is 0.345 e. The van der Waals surface area contributed by atoms with E-state index in [0.717, 1.165) is 32.5 Å². The van der Waals surface area contributed by atoms with Crippen molar-refractivity contribution >= 4 is 38.3 Å². The van der Waals surface area contributed by atoms with Crippen molar-refractivity contribution in [2.75, 3.05) is 0 Å². The third-order valence-electron chi connectivity index (χ3n) is 2.86. The summed E-state index contributed by atoms with van der Waals surface area (Å²) in [6, 6.07) is 7.17. The van der Waals surface area contributed by atoms with Gasteiger partial charge in [-0.3, -0.25) is 4.79 Å². The van der Waals surface area contributed by atoms with Crippen LogP contribution in [0.2, 0.25) is 0 Å². The Labute approximate surface area is 106 Å². The van der Waals surface area contributed by atoms with Crippen molar-refractivity contribution in [2.24, 2.45) is 0 Å². The summed E-state index contributed by atoms with van der Waals surface area (Å²) in [6.07, 6.45) is 0. The van der Waals surface area contributed by atoms with Crippen molar-refractivity contribution in [1.29, 1.82) is 0 Å². The average molecular weight is 259 g/mol. The predicted octanol–water partition coefficient (Wildman–Crippen LogP) is 2.75. The van der Waals surface area contributed by atoms with E-state index in [4.69, 9.17) is 5.11 Å². The summed E-state index contributed by atoms with van der Waals surface area (Å²) in [5, 5.41) is 10.3. The molecule has 5 heteroatoms. The zero-order valence-corrected chi connectivity index (χ0v) is 10.3. The van der Waals surface area contributed by atoms with Crippen LogP contribution >= 0.6 is 11.3 Å². The second-order valence-corrected chi connectivity index (χ2v) is 5.21. The number of aryl methyl sites for hydroxylation is 1. The summed E-state index contributed by atoms with van der Waals surface area (Å²) in [7, 11) is 0. The van der Waals surface area contributed by atoms with E-state index in [-0.39, 0.29) is 10.4 Å². The van der Waals surface area contributed by atoms with E-state index < -0.39 is 5.97 Å². The van der Waals surface area contributed by atoms with Crippen LogP contribution in [0.3, 0.4) is 0 Å². The van der Waals surface area contributed by atoms with Gasteiger partial charge in [-0.15, -0.1) is 11.3 Å². The monoisotopic (exact) mass is 259 g/mol. The maximum absolute atomic E-state index is 11.9. The molecule has 3 rings (SSSR count). The van der Waals surface area contributed by atoms with Gasteiger partial charge in [0.15, 0.2) is 0 Å². The van der Waals surface area contributed by atoms with Crippen LogP contribution in [0.5, 0.6) is 0 Å². The van der Waals surface area contributed by atoms with Crippen LogP contribution in [0.4, 0.5) is 0 Å². The van der Waals surface area contributed by atoms with Crippen molar-refractivity contribution in [3.63, 3.8) is 0 Å². The SMILES string of the molecule is Cc1ccc2c(c1)[nH]c(=O)c1cc(C(=O)O)sc12. The molecule has 0 aliphatic rings. The van der Waals surface area contributed by atoms with E-state index in [1.807, 2.05) is 25.1 Å². The van der Waals surface area contributed by atoms with E-state index in [1.54, 1.807) is 0 Å². The van der Waals surface area contributed by atoms with E-state index in [9.17, 15) is 9.59 Å². The molecular weight excluding hydrogens is 250 g/mol. The molecule has 0 saturated heterocycles. The Bertz CT molecular complexity index is 844. The summed E-state index contributed by atoms with van der Waals surface area (Å²) in [4.78, 5) is 25.8. The van der Waals surface area contributed by atoms with Gasteiger partial charge < -0.3 is 10.1 Å². The first-order valence-corrected chi connectivity index (χ1v) is 6.17. The third-order valence-corrected chi connectivity index (χ3v) is 4.01. The van der Waals surface area contributed by atoms with Crippen molar-refractivity contribution in [2.45, 2.75) is 6.92 Å². The summed E-state index contributed by atoms with van der Waals surface area (Å²) in [5.41, 5.74) is 1.55. The van der Waals surface area contributed by atoms with E-state index in [1.165, 1.54) is 6.07 Å². The number of pyridine rings is 1. The summed E-state index contributed by atoms with van der Waals surface area (Å²) in [6.45, 7) is 1.94. The van der Waals surface area contributed by atoms with E-state index in [2.05, 4.69) is 4.98 Å². The largest absolute Gasteiger partial charge is 0.477 e. The van der Waals surface area contributed by atoms with Crippen LogP contribution < -0.4 is 5.56 Å². The van der Waals surface area contributed by atoms with Gasteiger partial charge in [0.2, 0.25) is 0 Å². The molecule has 0 aliphatic heterocycles. The van der Waals surface area contributed by atoms with Gasteiger partial charge in [0, 0.05) is 10.9 Å². The van der Waals surface area contributed by atoms with Gasteiger partial charge in [-0.05, 0) is 24.6 Å². The molecule has 0 bridgehead atoms. The van der Waals surface area contributed by atoms with Gasteiger partial charge >= 0.3 is 5.97 Å². The molecule has 0 aliphatic carbocycles. The van der Waals surface area contributed by atoms with Crippen molar-refractivity contribution in [3.05, 3.63) is 45.1 Å². The molecular formula is C13H9NO3S. The lowest BCUT2D eigenvalue weighted by Gasteiger charge is -2.00. The van der Waals surface area contributed by atoms with Crippen LogP contribution in [-0.2, 0) is 0 Å². The first-order chi connectivity index (χ1) is 8.56. The fourth-order valence-corrected chi connectivity index (χ4v) is 3.05. The standard InChI is InChI=1S/C13H9NO3S/c1-6-2-3-7-9(4-6)14-12(15)8-5-10(13(16)17)18-11(7)8/h2-5H,1H3,(H,14,15)(H,16,17). The highest BCUT2D eigenvalue weighted by molar-refractivity contribution is 7.21. The lowest BCUT2D eigenvalue weighted by Crippen LogP contribution is -2.04. The molecule has 0 fully saturated rings. The molecule has 18 heavy (non-hydrogen) atoms. The number of nitrogens with one attached hydrogen (secondary N) is 1. The second kappa shape index (κ2) is 3.68. The topological polar surface area (TPSA) is 70.2 Å². The van der Waals surface area contributed by atoms with Crippen LogP contribution in [0, 0.1) is 6.92 Å². The van der Waals surface area contributed by atoms with Gasteiger partial charge in [-0.25, -0.2) is 4.79 Å². The minimum Gasteiger partial charge on any atom is -0.477 e. The molecule has 4 nitrogen and oxygen atoms in total. The number of carbonyl (C=O) groups is 1. The van der Waals surface area contributed by atoms with Crippen LogP contribution in [0.25, 0.3) is 21.0 Å². The minimum absolute atomic E-state index is 0.184. The Kier molecular flexibility index (Phi) is 2.24. The molecule has 90 valence electrons. The van der Waals surface area contributed by atoms with Gasteiger partial charge in [0.25, 0.3) is 5.56 Å². The molecule has 0 unspecified atom stereocenters. The maximum atomic E-state index is 11.9. The number of aromatic amines is 1. The number of aromatic carboxylic acids is 1. The number of H-pyrrole nitrogens is 1. The number of benzene rings is 1. The zero-order chi connectivity index (χ0) is 12.9. The Hall–Kier alpha value is -2.14. The number of rotatable bonds is 1. The van der Waals surface area contributed by atoms with E-state index >= 15 is 0 Å². The number of carboxylic acids is 1. The highest BCUT2D eigenvalue weighted by Crippen LogP contribution is 2.29. The zero-order valence-electron chi connectivity index (χ0n) is 9.48. The Morgan fingerprint density at radius 1 is 1.28 bits per heavy atom. The first kappa shape index (κ1) is 11.0. The molecule has 2 aromatic heterocycles. The summed E-state index contributed by atoms with van der Waals surface area (Å²) in [5.74, 6) is -1.00. The summed E-state index contributed by atoms with van der Waals surface area (Å²) < 4.78 is 0.728. The minimum atomic E-state index is -1.00. The Balaban J connectivity index is 2.53. The smallest absolute Gasteiger partial charge is 0.345 e. The number of fused-ring (bicyclic) bond motifs is 3. The van der Waals surface area contributed by atoms with Gasteiger partial charge in [0.05, 0.1) is 10.1 Å². The predicted molar refractivity (Wildman–Crippen MR) is 71.6 cm³/mol.